The second-order valence-electron chi connectivity index (χ2n) is 4.85. The van der Waals surface area contributed by atoms with Gasteiger partial charge < -0.3 is 9.80 Å². The molecule has 2 aromatic rings. The van der Waals surface area contributed by atoms with Crippen LogP contribution in [0.25, 0.3) is 5.82 Å². The Hall–Kier alpha value is -2.72. The van der Waals surface area contributed by atoms with Crippen LogP contribution in [0.2, 0.25) is 0 Å². The van der Waals surface area contributed by atoms with E-state index in [-0.39, 0.29) is 26.2 Å². The minimum atomic E-state index is -4.84. The first-order valence-electron chi connectivity index (χ1n) is 6.73. The molecule has 122 valence electrons. The molecule has 3 heterocycles. The standard InChI is InChI=1S/C12H12F3N7O/c13-12(14,15)11(23)21-3-1-20(2-4-21)9-5-10(18-7-17-9)22-8-16-6-19-22/h5-8H,1-4H2. The van der Waals surface area contributed by atoms with Crippen molar-refractivity contribution >= 4 is 11.7 Å². The SMILES string of the molecule is O=C(N1CCN(c2cc(-n3cncn3)ncn2)CC1)C(F)(F)F. The number of hydrogen-bond donors (Lipinski definition) is 0. The largest absolute Gasteiger partial charge is 0.471 e. The van der Waals surface area contributed by atoms with E-state index in [4.69, 9.17) is 0 Å². The molecule has 1 amide bonds. The van der Waals surface area contributed by atoms with Crippen LogP contribution in [0.1, 0.15) is 0 Å². The summed E-state index contributed by atoms with van der Waals surface area (Å²) in [5.41, 5.74) is 0. The zero-order valence-electron chi connectivity index (χ0n) is 11.8. The minimum absolute atomic E-state index is 0.0129. The number of piperazine rings is 1. The fourth-order valence-corrected chi connectivity index (χ4v) is 2.28. The van der Waals surface area contributed by atoms with Crippen molar-refractivity contribution < 1.29 is 18.0 Å². The Bertz CT molecular complexity index is 680. The molecule has 1 fully saturated rings. The number of hydrogen-bond acceptors (Lipinski definition) is 6. The molecule has 0 atom stereocenters. The van der Waals surface area contributed by atoms with E-state index in [1.165, 1.54) is 23.7 Å². The maximum absolute atomic E-state index is 12.4. The van der Waals surface area contributed by atoms with Gasteiger partial charge in [-0.25, -0.2) is 19.6 Å². The summed E-state index contributed by atoms with van der Waals surface area (Å²) >= 11 is 0. The highest BCUT2D eigenvalue weighted by Crippen LogP contribution is 2.21. The van der Waals surface area contributed by atoms with Crippen LogP contribution in [0.5, 0.6) is 0 Å². The third-order valence-electron chi connectivity index (χ3n) is 3.43. The molecule has 2 aromatic heterocycles. The predicted octanol–water partition coefficient (Wildman–Crippen LogP) is 0.268. The lowest BCUT2D eigenvalue weighted by Gasteiger charge is -2.35. The van der Waals surface area contributed by atoms with Gasteiger partial charge in [-0.05, 0) is 0 Å². The van der Waals surface area contributed by atoms with E-state index >= 15 is 0 Å². The number of nitrogens with zero attached hydrogens (tertiary/aromatic N) is 7. The monoisotopic (exact) mass is 327 g/mol. The first-order valence-corrected chi connectivity index (χ1v) is 6.73. The number of aromatic nitrogens is 5. The summed E-state index contributed by atoms with van der Waals surface area (Å²) < 4.78 is 38.7. The number of rotatable bonds is 2. The van der Waals surface area contributed by atoms with E-state index < -0.39 is 12.1 Å². The molecule has 0 aromatic carbocycles. The molecule has 1 aliphatic heterocycles. The lowest BCUT2D eigenvalue weighted by molar-refractivity contribution is -0.185. The topological polar surface area (TPSA) is 80.0 Å². The molecule has 0 unspecified atom stereocenters. The lowest BCUT2D eigenvalue weighted by atomic mass is 10.3. The van der Waals surface area contributed by atoms with Crippen LogP contribution >= 0.6 is 0 Å². The van der Waals surface area contributed by atoms with Gasteiger partial charge in [0.25, 0.3) is 0 Å². The maximum Gasteiger partial charge on any atom is 0.471 e. The van der Waals surface area contributed by atoms with Crippen LogP contribution in [0.4, 0.5) is 19.0 Å². The molecule has 23 heavy (non-hydrogen) atoms. The van der Waals surface area contributed by atoms with E-state index in [9.17, 15) is 18.0 Å². The molecular formula is C12H12F3N7O. The highest BCUT2D eigenvalue weighted by atomic mass is 19.4. The van der Waals surface area contributed by atoms with E-state index in [1.807, 2.05) is 0 Å². The van der Waals surface area contributed by atoms with Gasteiger partial charge in [-0.15, -0.1) is 0 Å². The Labute approximate surface area is 128 Å². The Balaban J connectivity index is 1.69. The first kappa shape index (κ1) is 15.2. The van der Waals surface area contributed by atoms with Gasteiger partial charge in [0.05, 0.1) is 0 Å². The van der Waals surface area contributed by atoms with Crippen LogP contribution in [-0.2, 0) is 4.79 Å². The first-order chi connectivity index (χ1) is 10.9. The summed E-state index contributed by atoms with van der Waals surface area (Å²) in [6, 6.07) is 1.66. The minimum Gasteiger partial charge on any atom is -0.353 e. The number of carbonyl (C=O) groups is 1. The molecule has 0 spiro atoms. The summed E-state index contributed by atoms with van der Waals surface area (Å²) in [7, 11) is 0. The average molecular weight is 327 g/mol. The van der Waals surface area contributed by atoms with Crippen LogP contribution in [-0.4, -0.2) is 67.9 Å². The highest BCUT2D eigenvalue weighted by Gasteiger charge is 2.43. The van der Waals surface area contributed by atoms with Gasteiger partial charge in [0.1, 0.15) is 24.8 Å². The molecule has 11 heteroatoms. The summed E-state index contributed by atoms with van der Waals surface area (Å²) in [6.07, 6.45) is -0.647. The maximum atomic E-state index is 12.4. The van der Waals surface area contributed by atoms with Crippen LogP contribution < -0.4 is 4.90 Å². The van der Waals surface area contributed by atoms with Gasteiger partial charge in [-0.3, -0.25) is 4.79 Å². The molecule has 0 aliphatic carbocycles. The second kappa shape index (κ2) is 5.82. The van der Waals surface area contributed by atoms with Crippen molar-refractivity contribution in [3.05, 3.63) is 25.0 Å². The second-order valence-corrected chi connectivity index (χ2v) is 4.85. The van der Waals surface area contributed by atoms with Crippen molar-refractivity contribution in [2.45, 2.75) is 6.18 Å². The molecular weight excluding hydrogens is 315 g/mol. The van der Waals surface area contributed by atoms with Crippen molar-refractivity contribution in [3.63, 3.8) is 0 Å². The molecule has 0 saturated carbocycles. The lowest BCUT2D eigenvalue weighted by Crippen LogP contribution is -2.52. The van der Waals surface area contributed by atoms with Crippen LogP contribution in [0.3, 0.4) is 0 Å². The van der Waals surface area contributed by atoms with Gasteiger partial charge in [-0.1, -0.05) is 0 Å². The van der Waals surface area contributed by atoms with Crippen molar-refractivity contribution in [2.24, 2.45) is 0 Å². The normalized spacial score (nSPS) is 15.8. The van der Waals surface area contributed by atoms with E-state index in [0.717, 1.165) is 4.90 Å². The molecule has 0 bridgehead atoms. The molecule has 1 aliphatic rings. The zero-order chi connectivity index (χ0) is 16.4. The van der Waals surface area contributed by atoms with Crippen molar-refractivity contribution in [1.29, 1.82) is 0 Å². The molecule has 0 radical (unpaired) electrons. The summed E-state index contributed by atoms with van der Waals surface area (Å²) in [6.45, 7) is 0.493. The number of alkyl halides is 3. The van der Waals surface area contributed by atoms with E-state index in [0.29, 0.717) is 11.6 Å². The molecule has 0 N–H and O–H groups in total. The van der Waals surface area contributed by atoms with Crippen LogP contribution in [0, 0.1) is 0 Å². The van der Waals surface area contributed by atoms with Crippen LogP contribution in [0.15, 0.2) is 25.0 Å². The van der Waals surface area contributed by atoms with Gasteiger partial charge in [0.2, 0.25) is 0 Å². The Morgan fingerprint density at radius 3 is 2.35 bits per heavy atom. The van der Waals surface area contributed by atoms with Gasteiger partial charge in [0.15, 0.2) is 5.82 Å². The summed E-state index contributed by atoms with van der Waals surface area (Å²) in [4.78, 5) is 25.8. The third-order valence-corrected chi connectivity index (χ3v) is 3.43. The molecule has 8 nitrogen and oxygen atoms in total. The summed E-state index contributed by atoms with van der Waals surface area (Å²) in [5.74, 6) is -0.742. The highest BCUT2D eigenvalue weighted by molar-refractivity contribution is 5.82. The number of carbonyl (C=O) groups excluding carboxylic acids is 1. The Morgan fingerprint density at radius 1 is 1.04 bits per heavy atom. The third kappa shape index (κ3) is 3.22. The number of anilines is 1. The Kier molecular flexibility index (Phi) is 3.84. The van der Waals surface area contributed by atoms with Crippen molar-refractivity contribution in [2.75, 3.05) is 31.1 Å². The van der Waals surface area contributed by atoms with Gasteiger partial charge in [0, 0.05) is 32.2 Å². The van der Waals surface area contributed by atoms with Gasteiger partial charge in [-0.2, -0.15) is 18.3 Å². The zero-order valence-corrected chi connectivity index (χ0v) is 11.8. The summed E-state index contributed by atoms with van der Waals surface area (Å²) in [5, 5.41) is 3.95. The number of halogens is 3. The fraction of sp³-hybridized carbons (Fsp3) is 0.417. The van der Waals surface area contributed by atoms with E-state index in [2.05, 4.69) is 20.1 Å². The molecule has 3 rings (SSSR count). The molecule has 1 saturated heterocycles. The quantitative estimate of drug-likeness (QED) is 0.788. The predicted molar refractivity (Wildman–Crippen MR) is 71.8 cm³/mol. The van der Waals surface area contributed by atoms with E-state index in [1.54, 1.807) is 11.0 Å². The average Bonchev–Trinajstić information content (AvgIpc) is 3.08. The van der Waals surface area contributed by atoms with Gasteiger partial charge >= 0.3 is 12.1 Å². The van der Waals surface area contributed by atoms with Crippen molar-refractivity contribution in [3.8, 4) is 5.82 Å². The smallest absolute Gasteiger partial charge is 0.353 e. The van der Waals surface area contributed by atoms with Crippen molar-refractivity contribution in [1.82, 2.24) is 29.6 Å². The fourth-order valence-electron chi connectivity index (χ4n) is 2.28. The Morgan fingerprint density at radius 2 is 1.74 bits per heavy atom. The number of amides is 1.